The zero-order valence-electron chi connectivity index (χ0n) is 20.7. The van der Waals surface area contributed by atoms with Gasteiger partial charge in [0.1, 0.15) is 54.3 Å². The molecule has 0 atom stereocenters. The van der Waals surface area contributed by atoms with Gasteiger partial charge in [0.25, 0.3) is 0 Å². The zero-order valence-corrected chi connectivity index (χ0v) is 20.7. The Hall–Kier alpha value is -0.480. The summed E-state index contributed by atoms with van der Waals surface area (Å²) in [5, 5.41) is 0. The van der Waals surface area contributed by atoms with Gasteiger partial charge in [0.2, 0.25) is 0 Å². The third kappa shape index (κ3) is 21.8. The molecule has 12 nitrogen and oxygen atoms in total. The molecule has 0 aliphatic carbocycles. The zero-order chi connectivity index (χ0) is 24.3. The Morgan fingerprint density at radius 1 is 0.303 bits per heavy atom. The van der Waals surface area contributed by atoms with Gasteiger partial charge in [-0.3, -0.25) is 0 Å². The molecular formula is C21H44O12. The van der Waals surface area contributed by atoms with Crippen LogP contribution >= 0.6 is 0 Å². The van der Waals surface area contributed by atoms with Crippen LogP contribution in [0, 0.1) is 5.41 Å². The fraction of sp³-hybridized carbons (Fsp3) is 1.00. The van der Waals surface area contributed by atoms with Gasteiger partial charge < -0.3 is 56.8 Å². The summed E-state index contributed by atoms with van der Waals surface area (Å²) < 4.78 is 64.5. The highest BCUT2D eigenvalue weighted by molar-refractivity contribution is 4.79. The highest BCUT2D eigenvalue weighted by Crippen LogP contribution is 2.21. The summed E-state index contributed by atoms with van der Waals surface area (Å²) in [4.78, 5) is 0. The lowest BCUT2D eigenvalue weighted by molar-refractivity contribution is -0.209. The van der Waals surface area contributed by atoms with Crippen molar-refractivity contribution in [2.75, 3.05) is 107 Å². The fourth-order valence-corrected chi connectivity index (χ4v) is 2.22. The van der Waals surface area contributed by atoms with E-state index in [1.807, 2.05) is 27.7 Å². The average Bonchev–Trinajstić information content (AvgIpc) is 2.83. The smallest absolute Gasteiger partial charge is 0.149 e. The van der Waals surface area contributed by atoms with E-state index < -0.39 is 5.41 Å². The van der Waals surface area contributed by atoms with Gasteiger partial charge in [0.15, 0.2) is 0 Å². The summed E-state index contributed by atoms with van der Waals surface area (Å²) in [5.74, 6) is 0. The lowest BCUT2D eigenvalue weighted by atomic mass is 9.92. The molecule has 0 aromatic heterocycles. The second kappa shape index (κ2) is 26.1. The maximum atomic E-state index is 5.69. The summed E-state index contributed by atoms with van der Waals surface area (Å²) in [6.07, 6.45) is 0. The van der Waals surface area contributed by atoms with Gasteiger partial charge >= 0.3 is 0 Å². The Morgan fingerprint density at radius 3 is 0.727 bits per heavy atom. The summed E-state index contributed by atoms with van der Waals surface area (Å²) in [6, 6.07) is 0. The maximum absolute atomic E-state index is 5.69. The molecule has 0 aliphatic rings. The van der Waals surface area contributed by atoms with Crippen molar-refractivity contribution < 1.29 is 56.8 Å². The van der Waals surface area contributed by atoms with E-state index in [-0.39, 0.29) is 80.8 Å². The summed E-state index contributed by atoms with van der Waals surface area (Å²) >= 11 is 0. The van der Waals surface area contributed by atoms with Crippen LogP contribution in [0.3, 0.4) is 0 Å². The first kappa shape index (κ1) is 32.5. The number of hydrogen-bond donors (Lipinski definition) is 0. The summed E-state index contributed by atoms with van der Waals surface area (Å²) in [7, 11) is 0. The molecule has 0 unspecified atom stereocenters. The first-order chi connectivity index (χ1) is 16.2. The van der Waals surface area contributed by atoms with Gasteiger partial charge in [0, 0.05) is 26.4 Å². The third-order valence-corrected chi connectivity index (χ3v) is 3.78. The second-order valence-electron chi connectivity index (χ2n) is 6.62. The van der Waals surface area contributed by atoms with Crippen LogP contribution in [0.2, 0.25) is 0 Å². The van der Waals surface area contributed by atoms with E-state index in [4.69, 9.17) is 56.8 Å². The van der Waals surface area contributed by atoms with Crippen molar-refractivity contribution in [1.82, 2.24) is 0 Å². The average molecular weight is 489 g/mol. The molecule has 0 amide bonds. The van der Waals surface area contributed by atoms with Crippen LogP contribution < -0.4 is 0 Å². The van der Waals surface area contributed by atoms with Crippen molar-refractivity contribution in [3.8, 4) is 0 Å². The third-order valence-electron chi connectivity index (χ3n) is 3.78. The molecule has 200 valence electrons. The van der Waals surface area contributed by atoms with Gasteiger partial charge in [0.05, 0.1) is 31.8 Å². The standard InChI is InChI=1S/C21H44O12/c1-5-22-13-30-17-26-9-21(10-27-18-31-14-23-6-2,11-28-19-32-15-24-7-3)12-29-20-33-16-25-8-4/h5-20H2,1-4H3. The van der Waals surface area contributed by atoms with Crippen LogP contribution in [0.25, 0.3) is 0 Å². The summed E-state index contributed by atoms with van der Waals surface area (Å²) in [6.45, 7) is 11.4. The lowest BCUT2D eigenvalue weighted by Crippen LogP contribution is -2.42. The molecule has 0 heterocycles. The lowest BCUT2D eigenvalue weighted by Gasteiger charge is -2.32. The predicted octanol–water partition coefficient (Wildman–Crippen LogP) is 1.91. The summed E-state index contributed by atoms with van der Waals surface area (Å²) in [5.41, 5.74) is -0.687. The molecule has 12 heteroatoms. The molecular weight excluding hydrogens is 444 g/mol. The van der Waals surface area contributed by atoms with Crippen molar-refractivity contribution in [3.63, 3.8) is 0 Å². The van der Waals surface area contributed by atoms with E-state index in [0.29, 0.717) is 26.4 Å². The SMILES string of the molecule is CCOCOCOCC(COCOCOCC)(COCOCOCC)COCOCOCC. The van der Waals surface area contributed by atoms with Gasteiger partial charge in [-0.2, -0.15) is 0 Å². The molecule has 0 rings (SSSR count). The van der Waals surface area contributed by atoms with Crippen LogP contribution in [0.5, 0.6) is 0 Å². The van der Waals surface area contributed by atoms with Crippen molar-refractivity contribution >= 4 is 0 Å². The van der Waals surface area contributed by atoms with Crippen LogP contribution in [-0.4, -0.2) is 107 Å². The largest absolute Gasteiger partial charge is 0.356 e. The number of rotatable bonds is 28. The van der Waals surface area contributed by atoms with Gasteiger partial charge in [-0.15, -0.1) is 0 Å². The van der Waals surface area contributed by atoms with E-state index in [9.17, 15) is 0 Å². The number of ether oxygens (including phenoxy) is 12. The Bertz CT molecular complexity index is 306. The van der Waals surface area contributed by atoms with E-state index >= 15 is 0 Å². The molecule has 0 fully saturated rings. The fourth-order valence-electron chi connectivity index (χ4n) is 2.22. The van der Waals surface area contributed by atoms with Crippen molar-refractivity contribution in [2.45, 2.75) is 27.7 Å². The molecule has 0 N–H and O–H groups in total. The monoisotopic (exact) mass is 488 g/mol. The quantitative estimate of drug-likeness (QED) is 0.118. The highest BCUT2D eigenvalue weighted by atomic mass is 16.8. The van der Waals surface area contributed by atoms with E-state index in [2.05, 4.69) is 0 Å². The van der Waals surface area contributed by atoms with Crippen molar-refractivity contribution in [2.24, 2.45) is 5.41 Å². The normalized spacial score (nSPS) is 12.0. The molecule has 0 spiro atoms. The predicted molar refractivity (Wildman–Crippen MR) is 116 cm³/mol. The first-order valence-electron chi connectivity index (χ1n) is 11.2. The van der Waals surface area contributed by atoms with Crippen LogP contribution in [-0.2, 0) is 56.8 Å². The second-order valence-corrected chi connectivity index (χ2v) is 6.62. The maximum Gasteiger partial charge on any atom is 0.149 e. The molecule has 0 bridgehead atoms. The molecule has 0 aliphatic heterocycles. The van der Waals surface area contributed by atoms with Crippen LogP contribution in [0.1, 0.15) is 27.7 Å². The Kier molecular flexibility index (Phi) is 25.8. The van der Waals surface area contributed by atoms with Gasteiger partial charge in [-0.05, 0) is 27.7 Å². The molecule has 0 saturated heterocycles. The highest BCUT2D eigenvalue weighted by Gasteiger charge is 2.33. The molecule has 0 radical (unpaired) electrons. The topological polar surface area (TPSA) is 111 Å². The van der Waals surface area contributed by atoms with Gasteiger partial charge in [-0.25, -0.2) is 0 Å². The minimum absolute atomic E-state index is 0.0459. The number of hydrogen-bond acceptors (Lipinski definition) is 12. The van der Waals surface area contributed by atoms with Gasteiger partial charge in [-0.1, -0.05) is 0 Å². The minimum Gasteiger partial charge on any atom is -0.356 e. The van der Waals surface area contributed by atoms with Crippen LogP contribution in [0.15, 0.2) is 0 Å². The van der Waals surface area contributed by atoms with E-state index in [1.165, 1.54) is 0 Å². The van der Waals surface area contributed by atoms with Crippen molar-refractivity contribution in [1.29, 1.82) is 0 Å². The molecule has 0 aromatic carbocycles. The van der Waals surface area contributed by atoms with Crippen LogP contribution in [0.4, 0.5) is 0 Å². The Balaban J connectivity index is 4.74. The minimum atomic E-state index is -0.687. The molecule has 33 heavy (non-hydrogen) atoms. The first-order valence-corrected chi connectivity index (χ1v) is 11.2. The Labute approximate surface area is 197 Å². The van der Waals surface area contributed by atoms with E-state index in [1.54, 1.807) is 0 Å². The Morgan fingerprint density at radius 2 is 0.515 bits per heavy atom. The molecule has 0 saturated carbocycles. The molecule has 0 aromatic rings. The van der Waals surface area contributed by atoms with Crippen molar-refractivity contribution in [3.05, 3.63) is 0 Å². The van der Waals surface area contributed by atoms with E-state index in [0.717, 1.165) is 0 Å².